The number of ether oxygens (including phenoxy) is 1. The summed E-state index contributed by atoms with van der Waals surface area (Å²) < 4.78 is 5.30. The fourth-order valence-electron chi connectivity index (χ4n) is 2.38. The van der Waals surface area contributed by atoms with Crippen LogP contribution in [0.15, 0.2) is 24.3 Å². The van der Waals surface area contributed by atoms with E-state index >= 15 is 0 Å². The molecule has 0 bridgehead atoms. The fraction of sp³-hybridized carbons (Fsp3) is 0.529. The second-order valence-electron chi connectivity index (χ2n) is 5.62. The number of hydrogen-bond donors (Lipinski definition) is 2. The van der Waals surface area contributed by atoms with Crippen molar-refractivity contribution in [3.05, 3.63) is 29.8 Å². The molecule has 1 aromatic rings. The van der Waals surface area contributed by atoms with Crippen molar-refractivity contribution in [3.63, 3.8) is 0 Å². The van der Waals surface area contributed by atoms with E-state index < -0.39 is 12.0 Å². The molecule has 0 radical (unpaired) electrons. The number of hydrogen-bond acceptors (Lipinski definition) is 3. The fourth-order valence-corrected chi connectivity index (χ4v) is 2.38. The molecule has 122 valence electrons. The predicted molar refractivity (Wildman–Crippen MR) is 85.0 cm³/mol. The van der Waals surface area contributed by atoms with E-state index in [1.165, 1.54) is 0 Å². The number of amides is 1. The summed E-state index contributed by atoms with van der Waals surface area (Å²) in [6, 6.07) is 6.69. The van der Waals surface area contributed by atoms with Crippen LogP contribution in [0.4, 0.5) is 0 Å². The molecule has 0 saturated carbocycles. The zero-order valence-electron chi connectivity index (χ0n) is 13.6. The Balaban J connectivity index is 2.73. The smallest absolute Gasteiger partial charge is 0.326 e. The molecule has 0 aliphatic heterocycles. The molecular formula is C17H25NO4. The number of carboxylic acid groups (broad SMARTS) is 1. The number of methoxy groups -OCH3 is 1. The van der Waals surface area contributed by atoms with Crippen molar-refractivity contribution in [1.29, 1.82) is 0 Å². The lowest BCUT2D eigenvalue weighted by molar-refractivity contribution is -0.143. The van der Waals surface area contributed by atoms with Crippen LogP contribution in [0.3, 0.4) is 0 Å². The van der Waals surface area contributed by atoms with Crippen molar-refractivity contribution in [3.8, 4) is 5.75 Å². The van der Waals surface area contributed by atoms with Crippen LogP contribution >= 0.6 is 0 Å². The van der Waals surface area contributed by atoms with E-state index in [0.29, 0.717) is 6.42 Å². The van der Waals surface area contributed by atoms with Gasteiger partial charge in [0, 0.05) is 6.42 Å². The Hall–Kier alpha value is -2.04. The minimum absolute atomic E-state index is 0.0532. The zero-order valence-corrected chi connectivity index (χ0v) is 13.6. The number of aliphatic carboxylic acids is 1. The lowest BCUT2D eigenvalue weighted by Gasteiger charge is -2.21. The Kier molecular flexibility index (Phi) is 6.89. The maximum atomic E-state index is 12.1. The second-order valence-corrected chi connectivity index (χ2v) is 5.62. The van der Waals surface area contributed by atoms with Crippen molar-refractivity contribution in [2.75, 3.05) is 7.11 Å². The van der Waals surface area contributed by atoms with Gasteiger partial charge in [0.15, 0.2) is 0 Å². The first-order valence-electron chi connectivity index (χ1n) is 7.55. The third-order valence-electron chi connectivity index (χ3n) is 3.96. The van der Waals surface area contributed by atoms with Crippen molar-refractivity contribution < 1.29 is 19.4 Å². The van der Waals surface area contributed by atoms with Gasteiger partial charge in [-0.15, -0.1) is 0 Å². The van der Waals surface area contributed by atoms with Gasteiger partial charge in [-0.25, -0.2) is 4.79 Å². The first kappa shape index (κ1) is 18.0. The largest absolute Gasteiger partial charge is 0.496 e. The summed E-state index contributed by atoms with van der Waals surface area (Å²) in [6.07, 6.45) is 0.917. The highest BCUT2D eigenvalue weighted by Gasteiger charge is 2.26. The van der Waals surface area contributed by atoms with E-state index in [0.717, 1.165) is 11.3 Å². The van der Waals surface area contributed by atoms with Crippen LogP contribution in [0.2, 0.25) is 0 Å². The number of nitrogens with one attached hydrogen (secondary N) is 1. The molecule has 0 saturated heterocycles. The Morgan fingerprint density at radius 1 is 1.27 bits per heavy atom. The zero-order chi connectivity index (χ0) is 16.7. The molecule has 1 rings (SSSR count). The summed E-state index contributed by atoms with van der Waals surface area (Å²) in [6.45, 7) is 5.66. The molecule has 2 N–H and O–H groups in total. The third kappa shape index (κ3) is 4.76. The van der Waals surface area contributed by atoms with Gasteiger partial charge in [-0.3, -0.25) is 4.79 Å². The van der Waals surface area contributed by atoms with Gasteiger partial charge < -0.3 is 15.2 Å². The summed E-state index contributed by atoms with van der Waals surface area (Å²) in [7, 11) is 1.59. The minimum atomic E-state index is -0.993. The molecule has 3 atom stereocenters. The third-order valence-corrected chi connectivity index (χ3v) is 3.96. The molecule has 1 aromatic carbocycles. The lowest BCUT2D eigenvalue weighted by atomic mass is 9.95. The van der Waals surface area contributed by atoms with Gasteiger partial charge >= 0.3 is 5.97 Å². The number of benzene rings is 1. The van der Waals surface area contributed by atoms with Crippen LogP contribution in [-0.2, 0) is 9.59 Å². The summed E-state index contributed by atoms with van der Waals surface area (Å²) in [5.41, 5.74) is 0.940. The number of carbonyl (C=O) groups excluding carboxylic acids is 1. The number of carbonyl (C=O) groups is 2. The standard InChI is InChI=1S/C17H25NO4/c1-5-11(2)16(17(20)21)18-15(19)10-12(3)13-8-6-7-9-14(13)22-4/h6-9,11-12,16H,5,10H2,1-4H3,(H,18,19)(H,20,21)/t11-,12-,16-/m0/s1. The molecule has 1 amide bonds. The van der Waals surface area contributed by atoms with Crippen LogP contribution in [0.5, 0.6) is 5.75 Å². The Bertz CT molecular complexity index is 515. The van der Waals surface area contributed by atoms with Crippen molar-refractivity contribution in [2.24, 2.45) is 5.92 Å². The van der Waals surface area contributed by atoms with Gasteiger partial charge in [-0.05, 0) is 23.5 Å². The molecule has 22 heavy (non-hydrogen) atoms. The molecule has 0 aliphatic carbocycles. The number of rotatable bonds is 8. The first-order chi connectivity index (χ1) is 10.4. The van der Waals surface area contributed by atoms with Gasteiger partial charge in [0.1, 0.15) is 11.8 Å². The predicted octanol–water partition coefficient (Wildman–Crippen LogP) is 2.80. The molecule has 5 heteroatoms. The van der Waals surface area contributed by atoms with Crippen LogP contribution in [0.1, 0.15) is 45.1 Å². The van der Waals surface area contributed by atoms with Crippen LogP contribution in [0.25, 0.3) is 0 Å². The molecule has 0 unspecified atom stereocenters. The monoisotopic (exact) mass is 307 g/mol. The molecule has 0 fully saturated rings. The molecule has 0 aliphatic rings. The highest BCUT2D eigenvalue weighted by Crippen LogP contribution is 2.28. The van der Waals surface area contributed by atoms with E-state index in [-0.39, 0.29) is 24.2 Å². The van der Waals surface area contributed by atoms with Crippen LogP contribution < -0.4 is 10.1 Å². The van der Waals surface area contributed by atoms with E-state index in [4.69, 9.17) is 4.74 Å². The SMILES string of the molecule is CC[C@H](C)[C@H](NC(=O)C[C@H](C)c1ccccc1OC)C(=O)O. The number of carboxylic acids is 1. The molecule has 5 nitrogen and oxygen atoms in total. The van der Waals surface area contributed by atoms with Crippen molar-refractivity contribution in [2.45, 2.75) is 45.6 Å². The van der Waals surface area contributed by atoms with E-state index in [1.807, 2.05) is 45.0 Å². The van der Waals surface area contributed by atoms with Crippen LogP contribution in [-0.4, -0.2) is 30.1 Å². The average Bonchev–Trinajstić information content (AvgIpc) is 2.51. The van der Waals surface area contributed by atoms with Gasteiger partial charge in [-0.2, -0.15) is 0 Å². The lowest BCUT2D eigenvalue weighted by Crippen LogP contribution is -2.45. The molecule has 0 spiro atoms. The minimum Gasteiger partial charge on any atom is -0.496 e. The quantitative estimate of drug-likeness (QED) is 0.774. The normalized spacial score (nSPS) is 14.7. The second kappa shape index (κ2) is 8.41. The van der Waals surface area contributed by atoms with E-state index in [1.54, 1.807) is 7.11 Å². The van der Waals surface area contributed by atoms with Crippen molar-refractivity contribution in [1.82, 2.24) is 5.32 Å². The first-order valence-corrected chi connectivity index (χ1v) is 7.55. The summed E-state index contributed by atoms with van der Waals surface area (Å²) >= 11 is 0. The van der Waals surface area contributed by atoms with Gasteiger partial charge in [-0.1, -0.05) is 45.4 Å². The van der Waals surface area contributed by atoms with E-state index in [9.17, 15) is 14.7 Å². The highest BCUT2D eigenvalue weighted by molar-refractivity contribution is 5.84. The maximum absolute atomic E-state index is 12.1. The van der Waals surface area contributed by atoms with Gasteiger partial charge in [0.25, 0.3) is 0 Å². The Morgan fingerprint density at radius 3 is 2.45 bits per heavy atom. The molecular weight excluding hydrogens is 282 g/mol. The summed E-state index contributed by atoms with van der Waals surface area (Å²) in [5, 5.41) is 11.8. The Labute approximate surface area is 131 Å². The average molecular weight is 307 g/mol. The molecule has 0 aromatic heterocycles. The van der Waals surface area contributed by atoms with Gasteiger partial charge in [0.2, 0.25) is 5.91 Å². The molecule has 0 heterocycles. The van der Waals surface area contributed by atoms with Crippen LogP contribution in [0, 0.1) is 5.92 Å². The maximum Gasteiger partial charge on any atom is 0.326 e. The highest BCUT2D eigenvalue weighted by atomic mass is 16.5. The van der Waals surface area contributed by atoms with Crippen molar-refractivity contribution >= 4 is 11.9 Å². The topological polar surface area (TPSA) is 75.6 Å². The summed E-state index contributed by atoms with van der Waals surface area (Å²) in [5.74, 6) is -0.677. The van der Waals surface area contributed by atoms with E-state index in [2.05, 4.69) is 5.32 Å². The number of para-hydroxylation sites is 1. The van der Waals surface area contributed by atoms with Gasteiger partial charge in [0.05, 0.1) is 7.11 Å². The Morgan fingerprint density at radius 2 is 1.91 bits per heavy atom. The summed E-state index contributed by atoms with van der Waals surface area (Å²) in [4.78, 5) is 23.4.